The topological polar surface area (TPSA) is 127 Å². The summed E-state index contributed by atoms with van der Waals surface area (Å²) in [4.78, 5) is 29.0. The molecule has 1 spiro atoms. The van der Waals surface area contributed by atoms with Gasteiger partial charge in [0.1, 0.15) is 18.6 Å². The van der Waals surface area contributed by atoms with Gasteiger partial charge in [-0.1, -0.05) is 11.6 Å². The molecule has 1 aromatic carbocycles. The molecular formula is C36H41ClF5N9O3. The number of aryl methyl sites for hydroxylation is 1. The first-order chi connectivity index (χ1) is 25.8. The van der Waals surface area contributed by atoms with Gasteiger partial charge in [0.15, 0.2) is 11.5 Å². The van der Waals surface area contributed by atoms with E-state index >= 15 is 4.39 Å². The highest BCUT2D eigenvalue weighted by atomic mass is 35.5. The number of carbonyl (C=O) groups is 1. The maximum Gasteiger partial charge on any atom is 0.416 e. The van der Waals surface area contributed by atoms with Crippen LogP contribution in [0.2, 0.25) is 5.02 Å². The van der Waals surface area contributed by atoms with Crippen LogP contribution in [0.1, 0.15) is 83.2 Å². The molecule has 290 valence electrons. The van der Waals surface area contributed by atoms with Crippen LogP contribution in [-0.2, 0) is 37.0 Å². The Labute approximate surface area is 313 Å². The van der Waals surface area contributed by atoms with Gasteiger partial charge in [-0.25, -0.2) is 8.78 Å². The van der Waals surface area contributed by atoms with Crippen molar-refractivity contribution in [3.8, 4) is 6.01 Å². The molecule has 4 atom stereocenters. The number of halogens is 6. The van der Waals surface area contributed by atoms with E-state index in [-0.39, 0.29) is 54.4 Å². The normalized spacial score (nSPS) is 28.2. The van der Waals surface area contributed by atoms with Crippen LogP contribution in [0.5, 0.6) is 6.01 Å². The minimum Gasteiger partial charge on any atom is -0.461 e. The van der Waals surface area contributed by atoms with Crippen molar-refractivity contribution in [2.75, 3.05) is 56.5 Å². The van der Waals surface area contributed by atoms with Gasteiger partial charge in [0.05, 0.1) is 52.5 Å². The second-order valence-electron chi connectivity index (χ2n) is 15.6. The Morgan fingerprint density at radius 3 is 2.72 bits per heavy atom. The van der Waals surface area contributed by atoms with Gasteiger partial charge in [0, 0.05) is 62.2 Å². The van der Waals surface area contributed by atoms with E-state index < -0.39 is 46.6 Å². The summed E-state index contributed by atoms with van der Waals surface area (Å²) in [6, 6.07) is 1.63. The number of nitrogens with one attached hydrogen (secondary N) is 1. The Bertz CT molecular complexity index is 1990. The number of nitrogen functional groups attached to an aromatic ring is 1. The molecule has 54 heavy (non-hydrogen) atoms. The van der Waals surface area contributed by atoms with Crippen LogP contribution >= 0.6 is 11.6 Å². The summed E-state index contributed by atoms with van der Waals surface area (Å²) in [6.07, 6.45) is -2.94. The molecule has 2 aromatic heterocycles. The largest absolute Gasteiger partial charge is 0.461 e. The van der Waals surface area contributed by atoms with Gasteiger partial charge in [-0.15, -0.1) is 0 Å². The third-order valence-electron chi connectivity index (χ3n) is 12.3. The average molecular weight is 778 g/mol. The molecule has 9 rings (SSSR count). The lowest BCUT2D eigenvalue weighted by molar-refractivity contribution is -0.140. The molecule has 0 saturated carbocycles. The Morgan fingerprint density at radius 2 is 1.96 bits per heavy atom. The van der Waals surface area contributed by atoms with Crippen molar-refractivity contribution in [1.29, 1.82) is 0 Å². The number of likely N-dealkylation sites (tertiary alicyclic amines) is 1. The molecule has 3 N–H and O–H groups in total. The third-order valence-corrected chi connectivity index (χ3v) is 12.7. The van der Waals surface area contributed by atoms with Gasteiger partial charge in [0.2, 0.25) is 0 Å². The first-order valence-corrected chi connectivity index (χ1v) is 18.9. The highest BCUT2D eigenvalue weighted by Gasteiger charge is 2.50. The Balaban J connectivity index is 1.05. The highest BCUT2D eigenvalue weighted by Crippen LogP contribution is 2.44. The van der Waals surface area contributed by atoms with Crippen LogP contribution in [0.15, 0.2) is 12.1 Å². The fourth-order valence-electron chi connectivity index (χ4n) is 9.38. The molecule has 18 heteroatoms. The molecule has 4 fully saturated rings. The molecule has 6 aliphatic rings. The van der Waals surface area contributed by atoms with Gasteiger partial charge in [-0.2, -0.15) is 28.2 Å². The van der Waals surface area contributed by atoms with Crippen molar-refractivity contribution in [3.05, 3.63) is 56.7 Å². The van der Waals surface area contributed by atoms with Crippen molar-refractivity contribution in [3.63, 3.8) is 0 Å². The first-order valence-electron chi connectivity index (χ1n) is 18.6. The summed E-state index contributed by atoms with van der Waals surface area (Å²) in [5.74, 6) is -0.994. The zero-order valence-corrected chi connectivity index (χ0v) is 30.3. The SMILES string of the molecule is Nc1ccc(C(F)(F)F)c([C@@H]2Cc3nc(OC[C@@]45CCCN4C[C@H](F)C5)nc(N4CCCn5nc(C(=O)N6CCC7(CCN7)C6)c(Cl)c5C4)c3CO2)c1F. The lowest BCUT2D eigenvalue weighted by atomic mass is 9.87. The second-order valence-corrected chi connectivity index (χ2v) is 16.0. The van der Waals surface area contributed by atoms with Crippen molar-refractivity contribution < 1.29 is 36.2 Å². The molecule has 1 unspecified atom stereocenters. The number of benzene rings is 1. The van der Waals surface area contributed by atoms with Crippen molar-refractivity contribution in [2.24, 2.45) is 0 Å². The maximum absolute atomic E-state index is 15.4. The second kappa shape index (κ2) is 13.2. The van der Waals surface area contributed by atoms with Gasteiger partial charge in [0.25, 0.3) is 5.91 Å². The molecule has 1 amide bonds. The minimum absolute atomic E-state index is 0.0238. The number of fused-ring (bicyclic) bond motifs is 3. The molecule has 6 aliphatic heterocycles. The van der Waals surface area contributed by atoms with E-state index in [1.165, 1.54) is 0 Å². The van der Waals surface area contributed by atoms with E-state index in [9.17, 15) is 22.4 Å². The van der Waals surface area contributed by atoms with Gasteiger partial charge in [-0.05, 0) is 57.3 Å². The molecule has 12 nitrogen and oxygen atoms in total. The number of aromatic nitrogens is 4. The Morgan fingerprint density at radius 1 is 1.13 bits per heavy atom. The molecule has 3 aromatic rings. The van der Waals surface area contributed by atoms with Crippen molar-refractivity contribution >= 4 is 29.0 Å². The van der Waals surface area contributed by atoms with E-state index in [1.807, 2.05) is 4.90 Å². The summed E-state index contributed by atoms with van der Waals surface area (Å²) in [6.45, 7) is 4.32. The quantitative estimate of drug-likeness (QED) is 0.266. The predicted octanol–water partition coefficient (Wildman–Crippen LogP) is 4.82. The van der Waals surface area contributed by atoms with E-state index in [0.717, 1.165) is 50.9 Å². The van der Waals surface area contributed by atoms with E-state index in [0.29, 0.717) is 68.3 Å². The first kappa shape index (κ1) is 35.9. The number of anilines is 2. The highest BCUT2D eigenvalue weighted by molar-refractivity contribution is 6.34. The fraction of sp³-hybridized carbons (Fsp3) is 0.611. The molecule has 0 radical (unpaired) electrons. The van der Waals surface area contributed by atoms with Crippen LogP contribution in [0.3, 0.4) is 0 Å². The molecular weight excluding hydrogens is 737 g/mol. The Hall–Kier alpha value is -3.80. The molecule has 0 aliphatic carbocycles. The van der Waals surface area contributed by atoms with Crippen LogP contribution in [0.4, 0.5) is 33.5 Å². The number of nitrogens with two attached hydrogens (primary N) is 1. The van der Waals surface area contributed by atoms with Crippen LogP contribution in [0.25, 0.3) is 0 Å². The summed E-state index contributed by atoms with van der Waals surface area (Å²) >= 11 is 6.96. The van der Waals surface area contributed by atoms with Crippen molar-refractivity contribution in [1.82, 2.24) is 34.9 Å². The lowest BCUT2D eigenvalue weighted by Gasteiger charge is -2.39. The van der Waals surface area contributed by atoms with Gasteiger partial charge in [-0.3, -0.25) is 14.4 Å². The van der Waals surface area contributed by atoms with E-state index in [1.54, 1.807) is 9.58 Å². The number of amides is 1. The van der Waals surface area contributed by atoms with Crippen LogP contribution in [0, 0.1) is 5.82 Å². The number of nitrogens with zero attached hydrogens (tertiary/aromatic N) is 7. The van der Waals surface area contributed by atoms with Gasteiger partial charge < -0.3 is 30.3 Å². The molecule has 0 bridgehead atoms. The smallest absolute Gasteiger partial charge is 0.416 e. The summed E-state index contributed by atoms with van der Waals surface area (Å²) < 4.78 is 86.5. The number of rotatable bonds is 6. The summed E-state index contributed by atoms with van der Waals surface area (Å²) in [5.41, 5.74) is 4.58. The average Bonchev–Trinajstić information content (AvgIpc) is 3.85. The van der Waals surface area contributed by atoms with Crippen molar-refractivity contribution in [2.45, 2.75) is 94.2 Å². The lowest BCUT2D eigenvalue weighted by Crippen LogP contribution is -2.58. The van der Waals surface area contributed by atoms with Crippen LogP contribution < -0.4 is 20.7 Å². The van der Waals surface area contributed by atoms with E-state index in [2.05, 4.69) is 20.3 Å². The minimum atomic E-state index is -4.86. The number of carbonyl (C=O) groups excluding carboxylic acids is 1. The standard InChI is InChI=1S/C36H41ClF5N9O3/c37-28-25-16-48(9-2-11-51(25)47-30(28)32(52)49-12-7-34(18-49)6-8-44-34)31-21-17-53-26(27-22(36(40,41)42)3-4-23(43)29(27)39)13-24(21)45-33(46-31)54-19-35-5-1-10-50(35)15-20(38)14-35/h3-4,20,26,44H,1-2,5-19,43H2/t20-,26+,34?,35+/m1/s1. The monoisotopic (exact) mass is 777 g/mol. The zero-order chi connectivity index (χ0) is 37.6. The number of hydrogen-bond acceptors (Lipinski definition) is 10. The van der Waals surface area contributed by atoms with E-state index in [4.69, 9.17) is 31.8 Å². The third kappa shape index (κ3) is 6.05. The fourth-order valence-corrected chi connectivity index (χ4v) is 9.66. The Kier molecular flexibility index (Phi) is 8.74. The summed E-state index contributed by atoms with van der Waals surface area (Å²) in [7, 11) is 0. The predicted molar refractivity (Wildman–Crippen MR) is 186 cm³/mol. The summed E-state index contributed by atoms with van der Waals surface area (Å²) in [5, 5.41) is 8.38. The molecule has 4 saturated heterocycles. The number of ether oxygens (including phenoxy) is 2. The maximum atomic E-state index is 15.4. The number of alkyl halides is 4. The van der Waals surface area contributed by atoms with Gasteiger partial charge >= 0.3 is 12.2 Å². The van der Waals surface area contributed by atoms with Crippen LogP contribution in [-0.4, -0.2) is 98.6 Å². The number of hydrogen-bond donors (Lipinski definition) is 2. The molecule has 8 heterocycles. The zero-order valence-electron chi connectivity index (χ0n) is 29.5.